The molecule has 1 unspecified atom stereocenters. The van der Waals surface area contributed by atoms with E-state index in [0.29, 0.717) is 0 Å². The number of para-hydroxylation sites is 1. The molecule has 2 atom stereocenters. The normalized spacial score (nSPS) is 18.1. The first-order valence-corrected chi connectivity index (χ1v) is 11.4. The summed E-state index contributed by atoms with van der Waals surface area (Å²) < 4.78 is 11.9. The van der Waals surface area contributed by atoms with Gasteiger partial charge in [-0.05, 0) is 35.4 Å². The molecule has 0 aromatic heterocycles. The Morgan fingerprint density at radius 3 is 2.53 bits per heavy atom. The predicted molar refractivity (Wildman–Crippen MR) is 125 cm³/mol. The Labute approximate surface area is 188 Å². The standard InChI is InChI=1S/C25H26ClNO2S/c1-28-22-9-5-6-10-24(22)30-25(20-11-13-21(26)14-12-20)23-18-27(15-16-29-23)17-19-7-3-2-4-8-19/h2-14,23,25H,15-18H2,1H3/t23-,25?/m1/s1. The number of nitrogens with zero attached hydrogens (tertiary/aromatic N) is 1. The van der Waals surface area contributed by atoms with E-state index in [9.17, 15) is 0 Å². The van der Waals surface area contributed by atoms with Crippen molar-refractivity contribution in [3.63, 3.8) is 0 Å². The molecule has 1 aliphatic heterocycles. The molecule has 30 heavy (non-hydrogen) atoms. The van der Waals surface area contributed by atoms with Crippen molar-refractivity contribution in [3.8, 4) is 5.75 Å². The van der Waals surface area contributed by atoms with E-state index in [2.05, 4.69) is 53.4 Å². The highest BCUT2D eigenvalue weighted by molar-refractivity contribution is 7.99. The summed E-state index contributed by atoms with van der Waals surface area (Å²) in [5.41, 5.74) is 2.54. The SMILES string of the molecule is COc1ccccc1SC(c1ccc(Cl)cc1)[C@H]1CN(Cc2ccccc2)CCO1. The molecule has 4 rings (SSSR count). The van der Waals surface area contributed by atoms with Crippen molar-refractivity contribution in [2.45, 2.75) is 22.8 Å². The van der Waals surface area contributed by atoms with Gasteiger partial charge in [-0.1, -0.05) is 66.2 Å². The molecule has 1 aliphatic rings. The Balaban J connectivity index is 1.57. The van der Waals surface area contributed by atoms with Crippen LogP contribution in [0.4, 0.5) is 0 Å². The first-order chi connectivity index (χ1) is 14.7. The van der Waals surface area contributed by atoms with Crippen LogP contribution in [-0.2, 0) is 11.3 Å². The van der Waals surface area contributed by atoms with Crippen LogP contribution in [-0.4, -0.2) is 37.8 Å². The molecule has 1 heterocycles. The summed E-state index contributed by atoms with van der Waals surface area (Å²) in [6.45, 7) is 3.49. The Morgan fingerprint density at radius 2 is 1.77 bits per heavy atom. The van der Waals surface area contributed by atoms with Gasteiger partial charge in [0.25, 0.3) is 0 Å². The molecule has 0 aliphatic carbocycles. The number of halogens is 1. The topological polar surface area (TPSA) is 21.7 Å². The van der Waals surface area contributed by atoms with Gasteiger partial charge < -0.3 is 9.47 Å². The summed E-state index contributed by atoms with van der Waals surface area (Å²) in [5, 5.41) is 0.882. The predicted octanol–water partition coefficient (Wildman–Crippen LogP) is 6.08. The molecule has 5 heteroatoms. The van der Waals surface area contributed by atoms with E-state index in [0.717, 1.165) is 41.9 Å². The summed E-state index contributed by atoms with van der Waals surface area (Å²) >= 11 is 7.95. The minimum absolute atomic E-state index is 0.0681. The fraction of sp³-hybridized carbons (Fsp3) is 0.280. The molecular weight excluding hydrogens is 414 g/mol. The van der Waals surface area contributed by atoms with Crippen LogP contribution in [0.15, 0.2) is 83.8 Å². The minimum atomic E-state index is 0.0681. The van der Waals surface area contributed by atoms with E-state index < -0.39 is 0 Å². The zero-order valence-corrected chi connectivity index (χ0v) is 18.6. The smallest absolute Gasteiger partial charge is 0.132 e. The Hall–Kier alpha value is -1.98. The number of methoxy groups -OCH3 is 1. The van der Waals surface area contributed by atoms with Crippen LogP contribution in [0.3, 0.4) is 0 Å². The van der Waals surface area contributed by atoms with Gasteiger partial charge in [0.2, 0.25) is 0 Å². The lowest BCUT2D eigenvalue weighted by Crippen LogP contribution is -2.44. The maximum Gasteiger partial charge on any atom is 0.132 e. The fourth-order valence-electron chi connectivity index (χ4n) is 3.76. The highest BCUT2D eigenvalue weighted by atomic mass is 35.5. The summed E-state index contributed by atoms with van der Waals surface area (Å²) in [5.74, 6) is 0.887. The van der Waals surface area contributed by atoms with E-state index in [4.69, 9.17) is 21.1 Å². The van der Waals surface area contributed by atoms with Gasteiger partial charge in [0.15, 0.2) is 0 Å². The zero-order chi connectivity index (χ0) is 20.8. The quantitative estimate of drug-likeness (QED) is 0.415. The number of hydrogen-bond acceptors (Lipinski definition) is 4. The number of benzene rings is 3. The average Bonchev–Trinajstić information content (AvgIpc) is 2.79. The van der Waals surface area contributed by atoms with Gasteiger partial charge in [-0.15, -0.1) is 11.8 Å². The van der Waals surface area contributed by atoms with Crippen molar-refractivity contribution in [1.82, 2.24) is 4.90 Å². The first kappa shape index (κ1) is 21.3. The molecule has 0 radical (unpaired) electrons. The van der Waals surface area contributed by atoms with Crippen molar-refractivity contribution < 1.29 is 9.47 Å². The van der Waals surface area contributed by atoms with E-state index >= 15 is 0 Å². The molecule has 3 nitrogen and oxygen atoms in total. The third kappa shape index (κ3) is 5.38. The van der Waals surface area contributed by atoms with Gasteiger partial charge in [0, 0.05) is 24.7 Å². The van der Waals surface area contributed by atoms with Gasteiger partial charge in [-0.3, -0.25) is 4.90 Å². The maximum atomic E-state index is 6.30. The van der Waals surface area contributed by atoms with E-state index in [1.165, 1.54) is 11.1 Å². The van der Waals surface area contributed by atoms with Crippen molar-refractivity contribution in [1.29, 1.82) is 0 Å². The average molecular weight is 440 g/mol. The van der Waals surface area contributed by atoms with E-state index in [1.807, 2.05) is 30.3 Å². The summed E-state index contributed by atoms with van der Waals surface area (Å²) in [6.07, 6.45) is 0.0681. The largest absolute Gasteiger partial charge is 0.496 e. The summed E-state index contributed by atoms with van der Waals surface area (Å²) in [6, 6.07) is 26.9. The van der Waals surface area contributed by atoms with Crippen LogP contribution < -0.4 is 4.74 Å². The molecule has 0 amide bonds. The highest BCUT2D eigenvalue weighted by Gasteiger charge is 2.31. The Kier molecular flexibility index (Phi) is 7.34. The van der Waals surface area contributed by atoms with Gasteiger partial charge in [0.1, 0.15) is 5.75 Å². The van der Waals surface area contributed by atoms with Crippen LogP contribution in [0.1, 0.15) is 16.4 Å². The molecule has 0 spiro atoms. The van der Waals surface area contributed by atoms with E-state index in [-0.39, 0.29) is 11.4 Å². The van der Waals surface area contributed by atoms with Crippen LogP contribution >= 0.6 is 23.4 Å². The van der Waals surface area contributed by atoms with Crippen molar-refractivity contribution >= 4 is 23.4 Å². The third-order valence-corrected chi connectivity index (χ3v) is 6.96. The van der Waals surface area contributed by atoms with Crippen molar-refractivity contribution in [2.75, 3.05) is 26.8 Å². The van der Waals surface area contributed by atoms with Gasteiger partial charge in [0.05, 0.1) is 30.0 Å². The van der Waals surface area contributed by atoms with Crippen molar-refractivity contribution in [2.24, 2.45) is 0 Å². The number of morpholine rings is 1. The molecule has 3 aromatic carbocycles. The third-order valence-electron chi connectivity index (χ3n) is 5.29. The highest BCUT2D eigenvalue weighted by Crippen LogP contribution is 2.43. The number of hydrogen-bond donors (Lipinski definition) is 0. The minimum Gasteiger partial charge on any atom is -0.496 e. The second kappa shape index (κ2) is 10.4. The summed E-state index contributed by atoms with van der Waals surface area (Å²) in [7, 11) is 1.72. The Bertz CT molecular complexity index is 935. The second-order valence-corrected chi connectivity index (χ2v) is 8.99. The van der Waals surface area contributed by atoms with Crippen LogP contribution in [0.2, 0.25) is 5.02 Å². The molecule has 0 N–H and O–H groups in total. The molecule has 1 fully saturated rings. The lowest BCUT2D eigenvalue weighted by Gasteiger charge is -2.37. The second-order valence-electron chi connectivity index (χ2n) is 7.37. The number of ether oxygens (including phenoxy) is 2. The molecule has 1 saturated heterocycles. The van der Waals surface area contributed by atoms with Gasteiger partial charge in [-0.2, -0.15) is 0 Å². The van der Waals surface area contributed by atoms with Gasteiger partial charge >= 0.3 is 0 Å². The summed E-state index contributed by atoms with van der Waals surface area (Å²) in [4.78, 5) is 3.60. The van der Waals surface area contributed by atoms with Crippen LogP contribution in [0.5, 0.6) is 5.75 Å². The van der Waals surface area contributed by atoms with Crippen LogP contribution in [0.25, 0.3) is 0 Å². The molecule has 0 saturated carbocycles. The number of thioether (sulfide) groups is 1. The Morgan fingerprint density at radius 1 is 1.03 bits per heavy atom. The zero-order valence-electron chi connectivity index (χ0n) is 17.0. The van der Waals surface area contributed by atoms with Crippen LogP contribution in [0, 0.1) is 0 Å². The number of rotatable bonds is 7. The van der Waals surface area contributed by atoms with E-state index in [1.54, 1.807) is 18.9 Å². The lowest BCUT2D eigenvalue weighted by atomic mass is 10.1. The molecule has 156 valence electrons. The fourth-order valence-corrected chi connectivity index (χ4v) is 5.20. The lowest BCUT2D eigenvalue weighted by molar-refractivity contribution is -0.0319. The maximum absolute atomic E-state index is 6.30. The monoisotopic (exact) mass is 439 g/mol. The molecular formula is C25H26ClNO2S. The van der Waals surface area contributed by atoms with Gasteiger partial charge in [-0.25, -0.2) is 0 Å². The molecule has 3 aromatic rings. The van der Waals surface area contributed by atoms with Crippen molar-refractivity contribution in [3.05, 3.63) is 95.0 Å². The first-order valence-electron chi connectivity index (χ1n) is 10.2. The molecule has 0 bridgehead atoms.